The van der Waals surface area contributed by atoms with Crippen molar-refractivity contribution in [2.24, 2.45) is 5.73 Å². The molecule has 0 unspecified atom stereocenters. The summed E-state index contributed by atoms with van der Waals surface area (Å²) in [6.07, 6.45) is 2.26. The number of benzene rings is 1. The number of carboxylic acid groups (broad SMARTS) is 1. The highest BCUT2D eigenvalue weighted by atomic mass is 16.4. The van der Waals surface area contributed by atoms with Crippen LogP contribution in [-0.2, 0) is 0 Å². The molecule has 0 aliphatic rings. The summed E-state index contributed by atoms with van der Waals surface area (Å²) >= 11 is 0. The van der Waals surface area contributed by atoms with Crippen molar-refractivity contribution < 1.29 is 9.90 Å². The average Bonchev–Trinajstić information content (AvgIpc) is 2.18. The third kappa shape index (κ3) is 2.20. The summed E-state index contributed by atoms with van der Waals surface area (Å²) in [5.74, 6) is -0.944. The van der Waals surface area contributed by atoms with Gasteiger partial charge in [-0.25, -0.2) is 4.79 Å². The summed E-state index contributed by atoms with van der Waals surface area (Å²) in [5.41, 5.74) is 6.73. The maximum Gasteiger partial charge on any atom is 0.336 e. The van der Waals surface area contributed by atoms with E-state index in [2.05, 4.69) is 6.58 Å². The normalized spacial score (nSPS) is 12.1. The van der Waals surface area contributed by atoms with Gasteiger partial charge in [0.2, 0.25) is 0 Å². The van der Waals surface area contributed by atoms with Crippen molar-refractivity contribution in [3.8, 4) is 0 Å². The Balaban J connectivity index is 3.06. The fourth-order valence-electron chi connectivity index (χ4n) is 1.32. The van der Waals surface area contributed by atoms with E-state index in [1.807, 2.05) is 0 Å². The molecule has 3 nitrogen and oxygen atoms in total. The Morgan fingerprint density at radius 3 is 2.79 bits per heavy atom. The van der Waals surface area contributed by atoms with Crippen molar-refractivity contribution in [2.45, 2.75) is 12.5 Å². The zero-order valence-electron chi connectivity index (χ0n) is 7.81. The first-order valence-corrected chi connectivity index (χ1v) is 4.35. The van der Waals surface area contributed by atoms with Crippen LogP contribution in [0.15, 0.2) is 36.9 Å². The van der Waals surface area contributed by atoms with Gasteiger partial charge in [0.15, 0.2) is 0 Å². The molecule has 0 radical (unpaired) electrons. The van der Waals surface area contributed by atoms with Crippen LogP contribution in [0, 0.1) is 0 Å². The monoisotopic (exact) mass is 191 g/mol. The van der Waals surface area contributed by atoms with Crippen LogP contribution in [0.5, 0.6) is 0 Å². The topological polar surface area (TPSA) is 63.3 Å². The molecular weight excluding hydrogens is 178 g/mol. The van der Waals surface area contributed by atoms with Gasteiger partial charge in [0, 0.05) is 6.04 Å². The van der Waals surface area contributed by atoms with Gasteiger partial charge in [-0.05, 0) is 18.1 Å². The van der Waals surface area contributed by atoms with E-state index in [1.54, 1.807) is 30.3 Å². The number of rotatable bonds is 4. The zero-order valence-corrected chi connectivity index (χ0v) is 7.81. The molecule has 0 aromatic heterocycles. The van der Waals surface area contributed by atoms with Crippen LogP contribution < -0.4 is 5.73 Å². The quantitative estimate of drug-likeness (QED) is 0.715. The second-order valence-electron chi connectivity index (χ2n) is 3.02. The van der Waals surface area contributed by atoms with Gasteiger partial charge in [0.25, 0.3) is 0 Å². The van der Waals surface area contributed by atoms with Gasteiger partial charge in [0.05, 0.1) is 5.56 Å². The first-order chi connectivity index (χ1) is 6.66. The van der Waals surface area contributed by atoms with E-state index < -0.39 is 5.97 Å². The van der Waals surface area contributed by atoms with E-state index in [1.165, 1.54) is 0 Å². The molecule has 14 heavy (non-hydrogen) atoms. The third-order valence-electron chi connectivity index (χ3n) is 2.01. The molecule has 3 N–H and O–H groups in total. The van der Waals surface area contributed by atoms with Crippen molar-refractivity contribution in [1.82, 2.24) is 0 Å². The van der Waals surface area contributed by atoms with Crippen molar-refractivity contribution in [2.75, 3.05) is 0 Å². The Morgan fingerprint density at radius 2 is 2.21 bits per heavy atom. The second kappa shape index (κ2) is 4.58. The SMILES string of the molecule is C=CC[C@@H](N)c1ccccc1C(=O)O. The Labute approximate surface area is 82.9 Å². The van der Waals surface area contributed by atoms with Crippen LogP contribution in [0.4, 0.5) is 0 Å². The van der Waals surface area contributed by atoms with Gasteiger partial charge < -0.3 is 10.8 Å². The number of hydrogen-bond donors (Lipinski definition) is 2. The van der Waals surface area contributed by atoms with Crippen molar-refractivity contribution in [1.29, 1.82) is 0 Å². The average molecular weight is 191 g/mol. The molecule has 0 heterocycles. The van der Waals surface area contributed by atoms with E-state index in [0.717, 1.165) is 0 Å². The maximum absolute atomic E-state index is 10.8. The molecule has 0 saturated carbocycles. The molecule has 0 aliphatic carbocycles. The summed E-state index contributed by atoms with van der Waals surface area (Å²) < 4.78 is 0. The summed E-state index contributed by atoms with van der Waals surface area (Å²) in [7, 11) is 0. The predicted octanol–water partition coefficient (Wildman–Crippen LogP) is 1.96. The van der Waals surface area contributed by atoms with Crippen LogP contribution >= 0.6 is 0 Å². The van der Waals surface area contributed by atoms with E-state index in [9.17, 15) is 4.79 Å². The fraction of sp³-hybridized carbons (Fsp3) is 0.182. The van der Waals surface area contributed by atoms with Crippen LogP contribution in [0.25, 0.3) is 0 Å². The first kappa shape index (κ1) is 10.5. The largest absolute Gasteiger partial charge is 0.478 e. The summed E-state index contributed by atoms with van der Waals surface area (Å²) in [4.78, 5) is 10.8. The molecular formula is C11H13NO2. The van der Waals surface area contributed by atoms with Crippen molar-refractivity contribution in [3.63, 3.8) is 0 Å². The van der Waals surface area contributed by atoms with Crippen LogP contribution in [0.1, 0.15) is 28.4 Å². The standard InChI is InChI=1S/C11H13NO2/c1-2-5-10(12)8-6-3-4-7-9(8)11(13)14/h2-4,6-7,10H,1,5,12H2,(H,13,14)/t10-/m1/s1. The minimum atomic E-state index is -0.944. The van der Waals surface area contributed by atoms with Gasteiger partial charge in [0.1, 0.15) is 0 Å². The molecule has 3 heteroatoms. The van der Waals surface area contributed by atoms with Crippen LogP contribution in [0.3, 0.4) is 0 Å². The Kier molecular flexibility index (Phi) is 3.42. The first-order valence-electron chi connectivity index (χ1n) is 4.35. The van der Waals surface area contributed by atoms with Crippen molar-refractivity contribution >= 4 is 5.97 Å². The molecule has 1 atom stereocenters. The lowest BCUT2D eigenvalue weighted by Gasteiger charge is -2.11. The van der Waals surface area contributed by atoms with E-state index in [4.69, 9.17) is 10.8 Å². The number of carboxylic acids is 1. The minimum Gasteiger partial charge on any atom is -0.478 e. The number of carbonyl (C=O) groups is 1. The lowest BCUT2D eigenvalue weighted by atomic mass is 9.99. The van der Waals surface area contributed by atoms with Crippen LogP contribution in [-0.4, -0.2) is 11.1 Å². The highest BCUT2D eigenvalue weighted by molar-refractivity contribution is 5.89. The Morgan fingerprint density at radius 1 is 1.57 bits per heavy atom. The highest BCUT2D eigenvalue weighted by Crippen LogP contribution is 2.18. The van der Waals surface area contributed by atoms with Crippen molar-refractivity contribution in [3.05, 3.63) is 48.0 Å². The van der Waals surface area contributed by atoms with Gasteiger partial charge in [-0.3, -0.25) is 0 Å². The third-order valence-corrected chi connectivity index (χ3v) is 2.01. The molecule has 0 saturated heterocycles. The van der Waals surface area contributed by atoms with Gasteiger partial charge in [-0.15, -0.1) is 6.58 Å². The lowest BCUT2D eigenvalue weighted by molar-refractivity contribution is 0.0695. The van der Waals surface area contributed by atoms with Gasteiger partial charge >= 0.3 is 5.97 Å². The molecule has 0 spiro atoms. The minimum absolute atomic E-state index is 0.266. The molecule has 0 bridgehead atoms. The Bertz CT molecular complexity index is 347. The van der Waals surface area contributed by atoms with E-state index in [0.29, 0.717) is 12.0 Å². The fourth-order valence-corrected chi connectivity index (χ4v) is 1.32. The van der Waals surface area contributed by atoms with Gasteiger partial charge in [-0.1, -0.05) is 24.3 Å². The zero-order chi connectivity index (χ0) is 10.6. The van der Waals surface area contributed by atoms with E-state index >= 15 is 0 Å². The molecule has 1 aromatic carbocycles. The lowest BCUT2D eigenvalue weighted by Crippen LogP contribution is -2.14. The van der Waals surface area contributed by atoms with Gasteiger partial charge in [-0.2, -0.15) is 0 Å². The number of nitrogens with two attached hydrogens (primary N) is 1. The highest BCUT2D eigenvalue weighted by Gasteiger charge is 2.13. The Hall–Kier alpha value is -1.61. The smallest absolute Gasteiger partial charge is 0.336 e. The predicted molar refractivity (Wildman–Crippen MR) is 55.1 cm³/mol. The summed E-state index contributed by atoms with van der Waals surface area (Å²) in [6, 6.07) is 6.47. The van der Waals surface area contributed by atoms with E-state index in [-0.39, 0.29) is 11.6 Å². The summed E-state index contributed by atoms with van der Waals surface area (Å²) in [6.45, 7) is 3.57. The molecule has 0 fully saturated rings. The maximum atomic E-state index is 10.8. The molecule has 0 amide bonds. The molecule has 1 rings (SSSR count). The second-order valence-corrected chi connectivity index (χ2v) is 3.02. The number of aromatic carboxylic acids is 1. The molecule has 0 aliphatic heterocycles. The summed E-state index contributed by atoms with van der Waals surface area (Å²) in [5, 5.41) is 8.90. The number of hydrogen-bond acceptors (Lipinski definition) is 2. The molecule has 74 valence electrons. The molecule has 1 aromatic rings. The van der Waals surface area contributed by atoms with Crippen LogP contribution in [0.2, 0.25) is 0 Å².